The number of sulfone groups is 1. The van der Waals surface area contributed by atoms with E-state index in [9.17, 15) is 13.2 Å². The molecule has 0 aliphatic carbocycles. The molecule has 30 heavy (non-hydrogen) atoms. The summed E-state index contributed by atoms with van der Waals surface area (Å²) in [5.74, 6) is 1.60. The van der Waals surface area contributed by atoms with Crippen LogP contribution in [0.15, 0.2) is 28.8 Å². The number of carbonyl (C=O) groups excluding carboxylic acids is 1. The maximum atomic E-state index is 12.6. The molecule has 7 nitrogen and oxygen atoms in total. The minimum absolute atomic E-state index is 0.0537. The largest absolute Gasteiger partial charge is 0.441 e. The molecule has 0 radical (unpaired) electrons. The van der Waals surface area contributed by atoms with Gasteiger partial charge >= 0.3 is 0 Å². The summed E-state index contributed by atoms with van der Waals surface area (Å²) >= 11 is 12.1. The number of nitrogens with zero attached hydrogens (tertiary/aromatic N) is 3. The molecule has 0 spiro atoms. The van der Waals surface area contributed by atoms with Crippen molar-refractivity contribution in [3.63, 3.8) is 0 Å². The van der Waals surface area contributed by atoms with Crippen molar-refractivity contribution in [1.82, 2.24) is 14.8 Å². The standard InChI is InChI=1S/C20H23Cl2N3O4S/c21-14-1-2-16(17(22)11-14)18-12-23-19(29-18)3-4-20(26)25-8-6-24(7-9-25)15-5-10-30(27,28)13-15/h1-2,11-12,15H,3-10,13H2. The molecule has 1 atom stereocenters. The van der Waals surface area contributed by atoms with Crippen LogP contribution >= 0.6 is 23.2 Å². The van der Waals surface area contributed by atoms with Crippen LogP contribution in [0.4, 0.5) is 0 Å². The summed E-state index contributed by atoms with van der Waals surface area (Å²) in [6.45, 7) is 2.66. The smallest absolute Gasteiger partial charge is 0.223 e. The highest BCUT2D eigenvalue weighted by molar-refractivity contribution is 7.91. The highest BCUT2D eigenvalue weighted by Gasteiger charge is 2.34. The highest BCUT2D eigenvalue weighted by atomic mass is 35.5. The Hall–Kier alpha value is -1.61. The van der Waals surface area contributed by atoms with Crippen LogP contribution in [-0.4, -0.2) is 72.8 Å². The van der Waals surface area contributed by atoms with Gasteiger partial charge in [0.15, 0.2) is 21.5 Å². The lowest BCUT2D eigenvalue weighted by atomic mass is 10.2. The molecule has 3 heterocycles. The first-order valence-electron chi connectivity index (χ1n) is 9.93. The topological polar surface area (TPSA) is 83.7 Å². The Morgan fingerprint density at radius 3 is 2.63 bits per heavy atom. The van der Waals surface area contributed by atoms with E-state index in [4.69, 9.17) is 27.6 Å². The highest BCUT2D eigenvalue weighted by Crippen LogP contribution is 2.31. The third-order valence-electron chi connectivity index (χ3n) is 5.69. The normalized spacial score (nSPS) is 21.8. The van der Waals surface area contributed by atoms with E-state index >= 15 is 0 Å². The fourth-order valence-corrected chi connectivity index (χ4v) is 6.27. The Morgan fingerprint density at radius 1 is 1.20 bits per heavy atom. The number of halogens is 2. The molecular formula is C20H23Cl2N3O4S. The Morgan fingerprint density at radius 2 is 1.97 bits per heavy atom. The summed E-state index contributed by atoms with van der Waals surface area (Å²) in [5, 5.41) is 1.03. The average Bonchev–Trinajstić information content (AvgIpc) is 3.32. The Labute approximate surface area is 185 Å². The zero-order valence-corrected chi connectivity index (χ0v) is 18.7. The van der Waals surface area contributed by atoms with Gasteiger partial charge < -0.3 is 9.32 Å². The van der Waals surface area contributed by atoms with Crippen LogP contribution in [0.3, 0.4) is 0 Å². The van der Waals surface area contributed by atoms with Gasteiger partial charge in [0.2, 0.25) is 5.91 Å². The number of aryl methyl sites for hydroxylation is 1. The molecule has 1 amide bonds. The van der Waals surface area contributed by atoms with Crippen LogP contribution in [0, 0.1) is 0 Å². The van der Waals surface area contributed by atoms with E-state index in [0.717, 1.165) is 0 Å². The third-order valence-corrected chi connectivity index (χ3v) is 7.99. The van der Waals surface area contributed by atoms with Gasteiger partial charge in [-0.25, -0.2) is 13.4 Å². The molecule has 10 heteroatoms. The molecule has 1 aromatic carbocycles. The first-order valence-corrected chi connectivity index (χ1v) is 12.5. The number of hydrogen-bond donors (Lipinski definition) is 0. The van der Waals surface area contributed by atoms with Gasteiger partial charge in [-0.05, 0) is 24.6 Å². The van der Waals surface area contributed by atoms with Crippen molar-refractivity contribution in [1.29, 1.82) is 0 Å². The average molecular weight is 472 g/mol. The van der Waals surface area contributed by atoms with Crippen molar-refractivity contribution in [2.75, 3.05) is 37.7 Å². The summed E-state index contributed by atoms with van der Waals surface area (Å²) in [7, 11) is -2.89. The molecule has 4 rings (SSSR count). The van der Waals surface area contributed by atoms with Crippen molar-refractivity contribution in [2.45, 2.75) is 25.3 Å². The van der Waals surface area contributed by atoms with Gasteiger partial charge in [-0.1, -0.05) is 23.2 Å². The molecule has 0 saturated carbocycles. The van der Waals surface area contributed by atoms with E-state index in [0.29, 0.717) is 72.7 Å². The maximum absolute atomic E-state index is 12.6. The molecule has 1 aromatic heterocycles. The number of piperazine rings is 1. The predicted octanol–water partition coefficient (Wildman–Crippen LogP) is 2.91. The summed E-state index contributed by atoms with van der Waals surface area (Å²) < 4.78 is 29.1. The van der Waals surface area contributed by atoms with E-state index in [1.54, 1.807) is 24.4 Å². The molecule has 1 unspecified atom stereocenters. The molecule has 0 N–H and O–H groups in total. The van der Waals surface area contributed by atoms with Crippen LogP contribution < -0.4 is 0 Å². The molecule has 2 aromatic rings. The molecule has 2 aliphatic rings. The molecule has 2 saturated heterocycles. The van der Waals surface area contributed by atoms with Crippen molar-refractivity contribution in [3.8, 4) is 11.3 Å². The summed E-state index contributed by atoms with van der Waals surface area (Å²) in [4.78, 5) is 20.9. The van der Waals surface area contributed by atoms with Gasteiger partial charge in [-0.3, -0.25) is 9.69 Å². The van der Waals surface area contributed by atoms with Crippen molar-refractivity contribution in [3.05, 3.63) is 40.3 Å². The lowest BCUT2D eigenvalue weighted by Gasteiger charge is -2.37. The molecular weight excluding hydrogens is 449 g/mol. The molecule has 162 valence electrons. The second-order valence-electron chi connectivity index (χ2n) is 7.72. The minimum atomic E-state index is -2.89. The van der Waals surface area contributed by atoms with Crippen LogP contribution in [0.1, 0.15) is 18.7 Å². The van der Waals surface area contributed by atoms with Gasteiger partial charge in [0.25, 0.3) is 0 Å². The van der Waals surface area contributed by atoms with Gasteiger partial charge in [0.05, 0.1) is 22.7 Å². The Bertz CT molecular complexity index is 1030. The minimum Gasteiger partial charge on any atom is -0.441 e. The lowest BCUT2D eigenvalue weighted by Crippen LogP contribution is -2.52. The van der Waals surface area contributed by atoms with E-state index < -0.39 is 9.84 Å². The van der Waals surface area contributed by atoms with E-state index in [-0.39, 0.29) is 23.5 Å². The Balaban J connectivity index is 1.27. The maximum Gasteiger partial charge on any atom is 0.223 e. The fourth-order valence-electron chi connectivity index (χ4n) is 4.01. The quantitative estimate of drug-likeness (QED) is 0.666. The molecule has 0 bridgehead atoms. The van der Waals surface area contributed by atoms with Crippen LogP contribution in [-0.2, 0) is 21.1 Å². The first-order chi connectivity index (χ1) is 14.3. The lowest BCUT2D eigenvalue weighted by molar-refractivity contribution is -0.133. The van der Waals surface area contributed by atoms with Crippen LogP contribution in [0.25, 0.3) is 11.3 Å². The zero-order valence-electron chi connectivity index (χ0n) is 16.4. The molecule has 2 fully saturated rings. The number of hydrogen-bond acceptors (Lipinski definition) is 6. The van der Waals surface area contributed by atoms with E-state index in [1.807, 2.05) is 4.90 Å². The van der Waals surface area contributed by atoms with Crippen LogP contribution in [0.5, 0.6) is 0 Å². The zero-order chi connectivity index (χ0) is 21.3. The number of oxazole rings is 1. The SMILES string of the molecule is O=C(CCc1ncc(-c2ccc(Cl)cc2Cl)o1)N1CCN(C2CCS(=O)(=O)C2)CC1. The number of carbonyl (C=O) groups is 1. The predicted molar refractivity (Wildman–Crippen MR) is 115 cm³/mol. The molecule has 2 aliphatic heterocycles. The fraction of sp³-hybridized carbons (Fsp3) is 0.500. The van der Waals surface area contributed by atoms with Crippen LogP contribution in [0.2, 0.25) is 10.0 Å². The number of rotatable bonds is 5. The third kappa shape index (κ3) is 4.99. The van der Waals surface area contributed by atoms with E-state index in [2.05, 4.69) is 9.88 Å². The first kappa shape index (κ1) is 21.6. The summed E-state index contributed by atoms with van der Waals surface area (Å²) in [6.07, 6.45) is 3.01. The van der Waals surface area contributed by atoms with Gasteiger partial charge in [-0.15, -0.1) is 0 Å². The van der Waals surface area contributed by atoms with Crippen molar-refractivity contribution in [2.24, 2.45) is 0 Å². The van der Waals surface area contributed by atoms with E-state index in [1.165, 1.54) is 0 Å². The number of amides is 1. The monoisotopic (exact) mass is 471 g/mol. The van der Waals surface area contributed by atoms with Gasteiger partial charge in [0, 0.05) is 55.6 Å². The second kappa shape index (κ2) is 8.86. The number of benzene rings is 1. The van der Waals surface area contributed by atoms with Crippen molar-refractivity contribution >= 4 is 38.9 Å². The van der Waals surface area contributed by atoms with Gasteiger partial charge in [-0.2, -0.15) is 0 Å². The summed E-state index contributed by atoms with van der Waals surface area (Å²) in [6, 6.07) is 5.24. The van der Waals surface area contributed by atoms with Gasteiger partial charge in [0.1, 0.15) is 0 Å². The Kier molecular flexibility index (Phi) is 6.39. The number of aromatic nitrogens is 1. The van der Waals surface area contributed by atoms with Crippen molar-refractivity contribution < 1.29 is 17.6 Å². The summed E-state index contributed by atoms with van der Waals surface area (Å²) in [5.41, 5.74) is 0.705. The second-order valence-corrected chi connectivity index (χ2v) is 10.8.